The Bertz CT molecular complexity index is 155. The maximum absolute atomic E-state index is 12.9. The smallest absolute Gasteiger partial charge is 0.146 e. The summed E-state index contributed by atoms with van der Waals surface area (Å²) in [5.41, 5.74) is -1.01. The summed E-state index contributed by atoms with van der Waals surface area (Å²) in [4.78, 5) is 0. The molecule has 0 atom stereocenters. The molecule has 0 unspecified atom stereocenters. The number of hydrogen-bond acceptors (Lipinski definition) is 1. The van der Waals surface area contributed by atoms with Gasteiger partial charge in [-0.1, -0.05) is 0 Å². The van der Waals surface area contributed by atoms with Crippen molar-refractivity contribution in [2.75, 3.05) is 13.1 Å². The van der Waals surface area contributed by atoms with E-state index in [-0.39, 0.29) is 12.4 Å². The van der Waals surface area contributed by atoms with E-state index in [4.69, 9.17) is 0 Å². The van der Waals surface area contributed by atoms with Crippen molar-refractivity contribution in [3.05, 3.63) is 0 Å². The Labute approximate surface area is 66.8 Å². The average molecular weight is 164 g/mol. The second-order valence-corrected chi connectivity index (χ2v) is 2.36. The van der Waals surface area contributed by atoms with Gasteiger partial charge in [0.05, 0.1) is 0 Å². The van der Waals surface area contributed by atoms with E-state index in [2.05, 4.69) is 17.2 Å². The molecule has 10 heavy (non-hydrogen) atoms. The fourth-order valence-electron chi connectivity index (χ4n) is 0.768. The minimum absolute atomic E-state index is 0. The Kier molecular flexibility index (Phi) is 3.70. The molecule has 0 aromatic heterocycles. The van der Waals surface area contributed by atoms with Crippen molar-refractivity contribution < 1.29 is 4.39 Å². The zero-order chi connectivity index (χ0) is 6.74. The van der Waals surface area contributed by atoms with Crippen LogP contribution in [0.3, 0.4) is 0 Å². The van der Waals surface area contributed by atoms with Crippen LogP contribution in [0.4, 0.5) is 4.39 Å². The largest absolute Gasteiger partial charge is 0.310 e. The molecule has 0 aliphatic carbocycles. The molecule has 0 aromatic rings. The van der Waals surface area contributed by atoms with Crippen LogP contribution >= 0.6 is 12.4 Å². The highest BCUT2D eigenvalue weighted by Crippen LogP contribution is 2.19. The van der Waals surface area contributed by atoms with E-state index in [1.807, 2.05) is 0 Å². The van der Waals surface area contributed by atoms with E-state index >= 15 is 0 Å². The van der Waals surface area contributed by atoms with E-state index in [0.717, 1.165) is 0 Å². The summed E-state index contributed by atoms with van der Waals surface area (Å²) in [6.07, 6.45) is 0.385. The molecule has 0 amide bonds. The van der Waals surface area contributed by atoms with E-state index in [1.165, 1.54) is 0 Å². The monoisotopic (exact) mass is 163 g/mol. The molecule has 0 radical (unpaired) electrons. The normalized spacial score (nSPS) is 19.4. The zero-order valence-corrected chi connectivity index (χ0v) is 6.72. The quantitative estimate of drug-likeness (QED) is 0.572. The SMILES string of the molecule is CC#CCC1(F)CNC1.Cl. The topological polar surface area (TPSA) is 12.0 Å². The fourth-order valence-corrected chi connectivity index (χ4v) is 0.768. The first-order chi connectivity index (χ1) is 4.27. The molecule has 1 fully saturated rings. The standard InChI is InChI=1S/C7H10FN.ClH/c1-2-3-4-7(8)5-9-6-7;/h9H,4-6H2,1H3;1H. The third-order valence-corrected chi connectivity index (χ3v) is 1.47. The summed E-state index contributed by atoms with van der Waals surface area (Å²) < 4.78 is 12.9. The van der Waals surface area contributed by atoms with E-state index < -0.39 is 5.67 Å². The summed E-state index contributed by atoms with van der Waals surface area (Å²) in [5.74, 6) is 5.40. The molecule has 1 aliphatic heterocycles. The lowest BCUT2D eigenvalue weighted by molar-refractivity contribution is 0.0968. The van der Waals surface area contributed by atoms with Crippen LogP contribution in [0, 0.1) is 11.8 Å². The van der Waals surface area contributed by atoms with E-state index in [1.54, 1.807) is 6.92 Å². The molecule has 1 nitrogen and oxygen atoms in total. The fraction of sp³-hybridized carbons (Fsp3) is 0.714. The Morgan fingerprint density at radius 2 is 2.20 bits per heavy atom. The molecule has 1 N–H and O–H groups in total. The van der Waals surface area contributed by atoms with Crippen molar-refractivity contribution in [2.24, 2.45) is 0 Å². The van der Waals surface area contributed by atoms with Crippen LogP contribution in [0.15, 0.2) is 0 Å². The lowest BCUT2D eigenvalue weighted by atomic mass is 9.96. The van der Waals surface area contributed by atoms with Crippen molar-refractivity contribution in [3.8, 4) is 11.8 Å². The Morgan fingerprint density at radius 3 is 2.50 bits per heavy atom. The van der Waals surface area contributed by atoms with Crippen LogP contribution in [0.25, 0.3) is 0 Å². The summed E-state index contributed by atoms with van der Waals surface area (Å²) >= 11 is 0. The highest BCUT2D eigenvalue weighted by Gasteiger charge is 2.35. The minimum atomic E-state index is -1.01. The Hall–Kier alpha value is -0.260. The van der Waals surface area contributed by atoms with Crippen LogP contribution < -0.4 is 5.32 Å². The van der Waals surface area contributed by atoms with Crippen molar-refractivity contribution in [3.63, 3.8) is 0 Å². The molecule has 1 aliphatic rings. The van der Waals surface area contributed by atoms with Crippen LogP contribution in [-0.2, 0) is 0 Å². The van der Waals surface area contributed by atoms with Gasteiger partial charge in [-0.15, -0.1) is 24.2 Å². The first-order valence-corrected chi connectivity index (χ1v) is 3.06. The number of halogens is 2. The summed E-state index contributed by atoms with van der Waals surface area (Å²) in [5, 5.41) is 2.87. The van der Waals surface area contributed by atoms with Gasteiger partial charge in [-0.3, -0.25) is 0 Å². The van der Waals surface area contributed by atoms with Gasteiger partial charge in [0, 0.05) is 19.5 Å². The van der Waals surface area contributed by atoms with E-state index in [0.29, 0.717) is 19.5 Å². The molecule has 1 saturated heterocycles. The Morgan fingerprint density at radius 1 is 1.60 bits per heavy atom. The third-order valence-electron chi connectivity index (χ3n) is 1.47. The molecular formula is C7H11ClFN. The number of nitrogens with one attached hydrogen (secondary N) is 1. The number of hydrogen-bond donors (Lipinski definition) is 1. The lowest BCUT2D eigenvalue weighted by Gasteiger charge is -2.33. The maximum Gasteiger partial charge on any atom is 0.146 e. The minimum Gasteiger partial charge on any atom is -0.310 e. The summed E-state index contributed by atoms with van der Waals surface area (Å²) in [6.45, 7) is 2.68. The molecule has 58 valence electrons. The van der Waals surface area contributed by atoms with Crippen molar-refractivity contribution >= 4 is 12.4 Å². The van der Waals surface area contributed by atoms with E-state index in [9.17, 15) is 4.39 Å². The first-order valence-electron chi connectivity index (χ1n) is 3.06. The summed E-state index contributed by atoms with van der Waals surface area (Å²) in [6, 6.07) is 0. The number of rotatable bonds is 1. The van der Waals surface area contributed by atoms with Crippen molar-refractivity contribution in [1.29, 1.82) is 0 Å². The molecule has 0 aromatic carbocycles. The molecule has 0 saturated carbocycles. The van der Waals surface area contributed by atoms with Gasteiger partial charge in [0.25, 0.3) is 0 Å². The van der Waals surface area contributed by atoms with Gasteiger partial charge in [-0.2, -0.15) is 0 Å². The second-order valence-electron chi connectivity index (χ2n) is 2.36. The van der Waals surface area contributed by atoms with Crippen LogP contribution in [0.2, 0.25) is 0 Å². The zero-order valence-electron chi connectivity index (χ0n) is 5.91. The third kappa shape index (κ3) is 2.17. The molecular weight excluding hydrogens is 153 g/mol. The van der Waals surface area contributed by atoms with Gasteiger partial charge in [0.1, 0.15) is 5.67 Å². The van der Waals surface area contributed by atoms with Gasteiger partial charge >= 0.3 is 0 Å². The Balaban J connectivity index is 0.000000810. The van der Waals surface area contributed by atoms with Crippen molar-refractivity contribution in [2.45, 2.75) is 19.0 Å². The van der Waals surface area contributed by atoms with Crippen LogP contribution in [-0.4, -0.2) is 18.8 Å². The second kappa shape index (κ2) is 3.80. The van der Waals surface area contributed by atoms with Gasteiger partial charge in [0.2, 0.25) is 0 Å². The first kappa shape index (κ1) is 9.74. The molecule has 1 rings (SSSR count). The number of alkyl halides is 1. The van der Waals surface area contributed by atoms with Gasteiger partial charge in [-0.25, -0.2) is 4.39 Å². The molecule has 1 heterocycles. The van der Waals surface area contributed by atoms with Gasteiger partial charge < -0.3 is 5.32 Å². The highest BCUT2D eigenvalue weighted by atomic mass is 35.5. The van der Waals surface area contributed by atoms with Gasteiger partial charge in [0.15, 0.2) is 0 Å². The maximum atomic E-state index is 12.9. The predicted molar refractivity (Wildman–Crippen MR) is 42.0 cm³/mol. The molecule has 3 heteroatoms. The predicted octanol–water partition coefficient (Wildman–Crippen LogP) is 1.13. The van der Waals surface area contributed by atoms with Gasteiger partial charge in [-0.05, 0) is 6.92 Å². The van der Waals surface area contributed by atoms with Crippen LogP contribution in [0.5, 0.6) is 0 Å². The van der Waals surface area contributed by atoms with Crippen LogP contribution in [0.1, 0.15) is 13.3 Å². The lowest BCUT2D eigenvalue weighted by Crippen LogP contribution is -2.55. The molecule has 0 bridgehead atoms. The molecule has 0 spiro atoms. The average Bonchev–Trinajstić information content (AvgIpc) is 1.79. The summed E-state index contributed by atoms with van der Waals surface area (Å²) in [7, 11) is 0. The van der Waals surface area contributed by atoms with Crippen molar-refractivity contribution in [1.82, 2.24) is 5.32 Å². The highest BCUT2D eigenvalue weighted by molar-refractivity contribution is 5.85.